The van der Waals surface area contributed by atoms with Gasteiger partial charge in [0.15, 0.2) is 0 Å². The van der Waals surface area contributed by atoms with Gasteiger partial charge in [0.2, 0.25) is 0 Å². The molecule has 1 aromatic carbocycles. The van der Waals surface area contributed by atoms with E-state index in [1.165, 1.54) is 6.07 Å². The van der Waals surface area contributed by atoms with Crippen LogP contribution in [0.5, 0.6) is 0 Å². The number of hydrogen-bond donors (Lipinski definition) is 1. The van der Waals surface area contributed by atoms with Crippen LogP contribution in [0.4, 0.5) is 0 Å². The average Bonchev–Trinajstić information content (AvgIpc) is 2.60. The zero-order valence-electron chi connectivity index (χ0n) is 13.1. The van der Waals surface area contributed by atoms with Crippen molar-refractivity contribution >= 4 is 28.5 Å². The molecular formula is C16H21ClN2O2. The van der Waals surface area contributed by atoms with Gasteiger partial charge in [0.1, 0.15) is 0 Å². The molecule has 4 nitrogen and oxygen atoms in total. The highest BCUT2D eigenvalue weighted by Gasteiger charge is 2.22. The number of fused-ring (bicyclic) bond motifs is 1. The molecule has 0 radical (unpaired) electrons. The summed E-state index contributed by atoms with van der Waals surface area (Å²) in [6, 6.07) is 3.62. The number of aromatic carboxylic acids is 1. The van der Waals surface area contributed by atoms with Crippen molar-refractivity contribution in [1.29, 1.82) is 0 Å². The van der Waals surface area contributed by atoms with Crippen molar-refractivity contribution in [3.63, 3.8) is 0 Å². The predicted octanol–water partition coefficient (Wildman–Crippen LogP) is 3.94. The molecule has 2 rings (SSSR count). The lowest BCUT2D eigenvalue weighted by Crippen LogP contribution is -2.16. The normalized spacial score (nSPS) is 11.8. The van der Waals surface area contributed by atoms with Crippen molar-refractivity contribution in [2.45, 2.75) is 33.4 Å². The molecule has 1 aromatic heterocycles. The summed E-state index contributed by atoms with van der Waals surface area (Å²) in [7, 11) is 4.01. The monoisotopic (exact) mass is 308 g/mol. The molecule has 1 N–H and O–H groups in total. The van der Waals surface area contributed by atoms with Gasteiger partial charge in [-0.15, -0.1) is 0 Å². The predicted molar refractivity (Wildman–Crippen MR) is 86.4 cm³/mol. The molecule has 2 aromatic rings. The smallest absolute Gasteiger partial charge is 0.336 e. The lowest BCUT2D eigenvalue weighted by atomic mass is 10.1. The first-order valence-corrected chi connectivity index (χ1v) is 7.32. The topological polar surface area (TPSA) is 45.5 Å². The van der Waals surface area contributed by atoms with E-state index in [4.69, 9.17) is 11.6 Å². The number of rotatable bonds is 4. The molecule has 0 aliphatic rings. The molecule has 0 atom stereocenters. The van der Waals surface area contributed by atoms with Gasteiger partial charge in [0, 0.05) is 28.7 Å². The van der Waals surface area contributed by atoms with Crippen LogP contribution in [0.2, 0.25) is 5.02 Å². The Labute approximate surface area is 129 Å². The Kier molecular flexibility index (Phi) is 4.30. The van der Waals surface area contributed by atoms with E-state index < -0.39 is 5.97 Å². The van der Waals surface area contributed by atoms with E-state index in [9.17, 15) is 9.90 Å². The Hall–Kier alpha value is -1.52. The maximum atomic E-state index is 11.6. The number of aryl methyl sites for hydroxylation is 1. The maximum Gasteiger partial charge on any atom is 0.336 e. The lowest BCUT2D eigenvalue weighted by Gasteiger charge is -2.18. The number of carbonyl (C=O) groups is 1. The van der Waals surface area contributed by atoms with Crippen molar-refractivity contribution < 1.29 is 9.90 Å². The summed E-state index contributed by atoms with van der Waals surface area (Å²) in [6.45, 7) is 6.94. The Bertz CT molecular complexity index is 702. The van der Waals surface area contributed by atoms with E-state index in [2.05, 4.69) is 23.3 Å². The van der Waals surface area contributed by atoms with Crippen LogP contribution in [-0.2, 0) is 6.54 Å². The lowest BCUT2D eigenvalue weighted by molar-refractivity contribution is 0.0699. The number of aromatic nitrogens is 1. The average molecular weight is 309 g/mol. The van der Waals surface area contributed by atoms with Gasteiger partial charge in [0.05, 0.1) is 11.1 Å². The Morgan fingerprint density at radius 2 is 2.00 bits per heavy atom. The summed E-state index contributed by atoms with van der Waals surface area (Å²) >= 11 is 6.12. The summed E-state index contributed by atoms with van der Waals surface area (Å²) < 4.78 is 2.18. The number of hydrogen-bond acceptors (Lipinski definition) is 2. The summed E-state index contributed by atoms with van der Waals surface area (Å²) in [5, 5.41) is 10.7. The van der Waals surface area contributed by atoms with Gasteiger partial charge < -0.3 is 14.6 Å². The number of halogens is 1. The van der Waals surface area contributed by atoms with Crippen LogP contribution in [0.15, 0.2) is 12.1 Å². The molecule has 114 valence electrons. The number of carboxylic acids is 1. The summed E-state index contributed by atoms with van der Waals surface area (Å²) in [4.78, 5) is 13.6. The van der Waals surface area contributed by atoms with Crippen molar-refractivity contribution in [2.75, 3.05) is 14.1 Å². The van der Waals surface area contributed by atoms with Gasteiger partial charge in [-0.3, -0.25) is 0 Å². The molecule has 0 saturated carbocycles. The Balaban J connectivity index is 2.91. The van der Waals surface area contributed by atoms with Crippen molar-refractivity contribution in [3.8, 4) is 0 Å². The third-order valence-electron chi connectivity index (χ3n) is 3.65. The van der Waals surface area contributed by atoms with Crippen LogP contribution in [0, 0.1) is 6.92 Å². The molecule has 0 aliphatic carbocycles. The number of benzene rings is 1. The summed E-state index contributed by atoms with van der Waals surface area (Å²) in [6.07, 6.45) is 0. The Morgan fingerprint density at radius 3 is 2.48 bits per heavy atom. The second-order valence-electron chi connectivity index (χ2n) is 5.93. The number of nitrogens with zero attached hydrogens (tertiary/aromatic N) is 2. The second-order valence-corrected chi connectivity index (χ2v) is 6.36. The molecule has 0 fully saturated rings. The van der Waals surface area contributed by atoms with E-state index in [0.29, 0.717) is 5.02 Å². The fraction of sp³-hybridized carbons (Fsp3) is 0.438. The summed E-state index contributed by atoms with van der Waals surface area (Å²) in [5.41, 5.74) is 3.31. The van der Waals surface area contributed by atoms with Crippen LogP contribution in [0.1, 0.15) is 41.5 Å². The molecule has 0 unspecified atom stereocenters. The Morgan fingerprint density at radius 1 is 1.38 bits per heavy atom. The fourth-order valence-electron chi connectivity index (χ4n) is 2.90. The molecule has 0 saturated heterocycles. The van der Waals surface area contributed by atoms with E-state index >= 15 is 0 Å². The molecule has 0 spiro atoms. The van der Waals surface area contributed by atoms with E-state index in [-0.39, 0.29) is 11.6 Å². The molecule has 0 bridgehead atoms. The largest absolute Gasteiger partial charge is 0.478 e. The zero-order chi connectivity index (χ0) is 15.9. The minimum absolute atomic E-state index is 0.233. The van der Waals surface area contributed by atoms with Gasteiger partial charge in [-0.1, -0.05) is 11.6 Å². The zero-order valence-corrected chi connectivity index (χ0v) is 13.8. The standard InChI is InChI=1S/C16H21ClN2O2/c1-9(2)19-13-7-11(17)6-12(16(20)21)15(13)10(3)14(19)8-18(4)5/h6-7,9H,8H2,1-5H3,(H,20,21). The molecule has 0 amide bonds. The van der Waals surface area contributed by atoms with Crippen LogP contribution in [0.25, 0.3) is 10.9 Å². The molecule has 1 heterocycles. The van der Waals surface area contributed by atoms with Gasteiger partial charge in [0.25, 0.3) is 0 Å². The highest BCUT2D eigenvalue weighted by Crippen LogP contribution is 2.34. The second kappa shape index (κ2) is 5.70. The highest BCUT2D eigenvalue weighted by atomic mass is 35.5. The van der Waals surface area contributed by atoms with Gasteiger partial charge in [-0.25, -0.2) is 4.79 Å². The SMILES string of the molecule is Cc1c(CN(C)C)n(C(C)C)c2cc(Cl)cc(C(=O)O)c12. The fourth-order valence-corrected chi connectivity index (χ4v) is 3.11. The molecule has 5 heteroatoms. The van der Waals surface area contributed by atoms with Gasteiger partial charge in [-0.05, 0) is 52.6 Å². The maximum absolute atomic E-state index is 11.6. The number of carboxylic acid groups (broad SMARTS) is 1. The van der Waals surface area contributed by atoms with Crippen LogP contribution in [-0.4, -0.2) is 34.6 Å². The van der Waals surface area contributed by atoms with Crippen molar-refractivity contribution in [3.05, 3.63) is 34.0 Å². The first kappa shape index (κ1) is 15.9. The quantitative estimate of drug-likeness (QED) is 0.930. The first-order valence-electron chi connectivity index (χ1n) is 6.95. The van der Waals surface area contributed by atoms with Crippen molar-refractivity contribution in [2.24, 2.45) is 0 Å². The summed E-state index contributed by atoms with van der Waals surface area (Å²) in [5.74, 6) is -0.942. The first-order chi connectivity index (χ1) is 9.73. The minimum atomic E-state index is -0.942. The van der Waals surface area contributed by atoms with Crippen molar-refractivity contribution in [1.82, 2.24) is 9.47 Å². The molecule has 0 aliphatic heterocycles. The van der Waals surface area contributed by atoms with E-state index in [1.54, 1.807) is 0 Å². The molecular weight excluding hydrogens is 288 g/mol. The molecule has 21 heavy (non-hydrogen) atoms. The van der Waals surface area contributed by atoms with Crippen LogP contribution >= 0.6 is 11.6 Å². The van der Waals surface area contributed by atoms with E-state index in [1.807, 2.05) is 27.1 Å². The highest BCUT2D eigenvalue weighted by molar-refractivity contribution is 6.32. The van der Waals surface area contributed by atoms with Crippen LogP contribution in [0.3, 0.4) is 0 Å². The van der Waals surface area contributed by atoms with Gasteiger partial charge >= 0.3 is 5.97 Å². The third kappa shape index (κ3) is 2.78. The van der Waals surface area contributed by atoms with Gasteiger partial charge in [-0.2, -0.15) is 0 Å². The van der Waals surface area contributed by atoms with E-state index in [0.717, 1.165) is 28.7 Å². The third-order valence-corrected chi connectivity index (χ3v) is 3.87. The van der Waals surface area contributed by atoms with Crippen LogP contribution < -0.4 is 0 Å². The minimum Gasteiger partial charge on any atom is -0.478 e.